The van der Waals surface area contributed by atoms with Crippen LogP contribution in [0.1, 0.15) is 40.5 Å². The van der Waals surface area contributed by atoms with Crippen molar-refractivity contribution in [3.63, 3.8) is 0 Å². The molecule has 4 rings (SSSR count). The Morgan fingerprint density at radius 1 is 1.22 bits per heavy atom. The second-order valence-corrected chi connectivity index (χ2v) is 10.1. The van der Waals surface area contributed by atoms with Gasteiger partial charge in [0.1, 0.15) is 6.10 Å². The second-order valence-electron chi connectivity index (χ2n) is 10.1. The number of rotatable bonds is 5. The SMILES string of the molecule is CC(=O)O[C@@H]1[C][C@@]2(O)[C@H](C)CC[C@@H]([C@H](C)CN3CCN(c4ccccc4)CC3)[C@H]2C=C1C. The van der Waals surface area contributed by atoms with Gasteiger partial charge in [-0.3, -0.25) is 9.69 Å². The molecule has 0 bridgehead atoms. The summed E-state index contributed by atoms with van der Waals surface area (Å²) in [7, 11) is 0. The summed E-state index contributed by atoms with van der Waals surface area (Å²) in [5, 5.41) is 11.7. The molecule has 1 aromatic rings. The third kappa shape index (κ3) is 4.74. The zero-order valence-electron chi connectivity index (χ0n) is 20.0. The predicted molar refractivity (Wildman–Crippen MR) is 127 cm³/mol. The van der Waals surface area contributed by atoms with E-state index in [0.717, 1.165) is 51.1 Å². The highest BCUT2D eigenvalue weighted by Crippen LogP contribution is 2.50. The minimum absolute atomic E-state index is 0.0265. The number of para-hydroxylation sites is 1. The van der Waals surface area contributed by atoms with E-state index < -0.39 is 11.7 Å². The molecule has 2 fully saturated rings. The normalized spacial score (nSPS) is 34.4. The molecule has 0 amide bonds. The smallest absolute Gasteiger partial charge is 0.303 e. The lowest BCUT2D eigenvalue weighted by atomic mass is 9.57. The van der Waals surface area contributed by atoms with Crippen molar-refractivity contribution in [3.05, 3.63) is 48.4 Å². The molecule has 0 spiro atoms. The monoisotopic (exact) mass is 438 g/mol. The molecule has 1 aromatic carbocycles. The van der Waals surface area contributed by atoms with Gasteiger partial charge in [-0.25, -0.2) is 0 Å². The minimum atomic E-state index is -1.04. The van der Waals surface area contributed by atoms with Crippen LogP contribution in [0, 0.1) is 30.1 Å². The van der Waals surface area contributed by atoms with Crippen molar-refractivity contribution in [2.24, 2.45) is 23.7 Å². The van der Waals surface area contributed by atoms with E-state index in [1.807, 2.05) is 6.92 Å². The van der Waals surface area contributed by atoms with Crippen molar-refractivity contribution in [2.75, 3.05) is 37.6 Å². The van der Waals surface area contributed by atoms with Crippen LogP contribution in [0.3, 0.4) is 0 Å². The number of nitrogens with zero attached hydrogens (tertiary/aromatic N) is 2. The number of esters is 1. The molecular formula is C27H38N2O3. The van der Waals surface area contributed by atoms with Gasteiger partial charge in [0, 0.05) is 51.3 Å². The number of hydrogen-bond donors (Lipinski definition) is 1. The first kappa shape index (κ1) is 23.3. The number of fused-ring (bicyclic) bond motifs is 1. The van der Waals surface area contributed by atoms with E-state index in [0.29, 0.717) is 11.8 Å². The summed E-state index contributed by atoms with van der Waals surface area (Å²) < 4.78 is 5.44. The molecule has 5 heteroatoms. The van der Waals surface area contributed by atoms with E-state index in [-0.39, 0.29) is 17.8 Å². The standard InChI is InChI=1S/C27H38N2O3/c1-19-16-25-24(11-10-21(3)27(25,31)17-26(19)32-22(4)30)20(2)18-28-12-14-29(15-13-28)23-8-6-5-7-9-23/h5-9,16,20-21,24-26,31H,10-15,18H2,1-4H3/t20-,21-,24+,25-,26-,27-/m1/s1. The van der Waals surface area contributed by atoms with Gasteiger partial charge in [0.05, 0.1) is 12.0 Å². The molecule has 1 N–H and O–H groups in total. The highest BCUT2D eigenvalue weighted by Gasteiger charge is 2.53. The van der Waals surface area contributed by atoms with Crippen molar-refractivity contribution in [1.29, 1.82) is 0 Å². The lowest BCUT2D eigenvalue weighted by Crippen LogP contribution is -2.57. The number of piperazine rings is 1. The topological polar surface area (TPSA) is 53.0 Å². The average Bonchev–Trinajstić information content (AvgIpc) is 2.77. The van der Waals surface area contributed by atoms with Crippen molar-refractivity contribution in [1.82, 2.24) is 4.90 Å². The van der Waals surface area contributed by atoms with Crippen LogP contribution < -0.4 is 4.90 Å². The second kappa shape index (κ2) is 9.56. The van der Waals surface area contributed by atoms with E-state index in [1.54, 1.807) is 0 Å². The lowest BCUT2D eigenvalue weighted by molar-refractivity contribution is -0.148. The summed E-state index contributed by atoms with van der Waals surface area (Å²) in [6.07, 6.45) is 7.01. The summed E-state index contributed by atoms with van der Waals surface area (Å²) in [4.78, 5) is 16.6. The number of aliphatic hydroxyl groups is 1. The first-order valence-electron chi connectivity index (χ1n) is 12.2. The van der Waals surface area contributed by atoms with Gasteiger partial charge in [-0.1, -0.05) is 38.1 Å². The van der Waals surface area contributed by atoms with Crippen LogP contribution in [-0.4, -0.2) is 60.4 Å². The molecule has 1 aliphatic heterocycles. The number of carbonyl (C=O) groups excluding carboxylic acids is 1. The first-order valence-corrected chi connectivity index (χ1v) is 12.2. The fourth-order valence-electron chi connectivity index (χ4n) is 5.98. The molecular weight excluding hydrogens is 400 g/mol. The molecule has 2 aliphatic carbocycles. The Balaban J connectivity index is 1.41. The predicted octanol–water partition coefficient (Wildman–Crippen LogP) is 3.81. The van der Waals surface area contributed by atoms with Gasteiger partial charge in [0.2, 0.25) is 0 Å². The van der Waals surface area contributed by atoms with Crippen molar-refractivity contribution < 1.29 is 14.6 Å². The summed E-state index contributed by atoms with van der Waals surface area (Å²) in [6.45, 7) is 13.1. The van der Waals surface area contributed by atoms with Gasteiger partial charge in [-0.15, -0.1) is 0 Å². The van der Waals surface area contributed by atoms with E-state index in [2.05, 4.69) is 66.5 Å². The maximum atomic E-state index is 11.7. The van der Waals surface area contributed by atoms with Gasteiger partial charge < -0.3 is 14.7 Å². The minimum Gasteiger partial charge on any atom is -0.457 e. The Kier molecular flexibility index (Phi) is 6.97. The molecule has 0 aromatic heterocycles. The molecule has 2 radical (unpaired) electrons. The van der Waals surface area contributed by atoms with Crippen LogP contribution in [0.2, 0.25) is 0 Å². The molecule has 174 valence electrons. The maximum Gasteiger partial charge on any atom is 0.303 e. The van der Waals surface area contributed by atoms with Crippen molar-refractivity contribution >= 4 is 11.7 Å². The van der Waals surface area contributed by atoms with Crippen LogP contribution in [-0.2, 0) is 9.53 Å². The first-order chi connectivity index (χ1) is 15.3. The van der Waals surface area contributed by atoms with E-state index >= 15 is 0 Å². The largest absolute Gasteiger partial charge is 0.457 e. The van der Waals surface area contributed by atoms with Gasteiger partial charge >= 0.3 is 5.97 Å². The molecule has 3 aliphatic rings. The molecule has 6 atom stereocenters. The molecule has 0 unspecified atom stereocenters. The maximum absolute atomic E-state index is 11.7. The summed E-state index contributed by atoms with van der Waals surface area (Å²) in [5.74, 6) is 0.661. The fourth-order valence-corrected chi connectivity index (χ4v) is 5.98. The average molecular weight is 439 g/mol. The highest BCUT2D eigenvalue weighted by molar-refractivity contribution is 5.66. The molecule has 5 nitrogen and oxygen atoms in total. The van der Waals surface area contributed by atoms with E-state index in [1.165, 1.54) is 12.6 Å². The Hall–Kier alpha value is -1.85. The lowest BCUT2D eigenvalue weighted by Gasteiger charge is -2.53. The Bertz CT molecular complexity index is 817. The number of benzene rings is 1. The van der Waals surface area contributed by atoms with Crippen LogP contribution in [0.15, 0.2) is 42.0 Å². The van der Waals surface area contributed by atoms with Crippen LogP contribution in [0.4, 0.5) is 5.69 Å². The van der Waals surface area contributed by atoms with Crippen LogP contribution in [0.25, 0.3) is 0 Å². The van der Waals surface area contributed by atoms with Crippen LogP contribution in [0.5, 0.6) is 0 Å². The zero-order chi connectivity index (χ0) is 22.9. The Labute approximate surface area is 193 Å². The summed E-state index contributed by atoms with van der Waals surface area (Å²) in [5.41, 5.74) is 1.25. The number of ether oxygens (including phenoxy) is 1. The Morgan fingerprint density at radius 2 is 1.91 bits per heavy atom. The number of hydrogen-bond acceptors (Lipinski definition) is 5. The third-order valence-corrected chi connectivity index (χ3v) is 7.93. The van der Waals surface area contributed by atoms with Gasteiger partial charge in [-0.2, -0.15) is 0 Å². The summed E-state index contributed by atoms with van der Waals surface area (Å²) in [6, 6.07) is 10.7. The van der Waals surface area contributed by atoms with Crippen LogP contribution >= 0.6 is 0 Å². The van der Waals surface area contributed by atoms with Crippen molar-refractivity contribution in [2.45, 2.75) is 52.2 Å². The zero-order valence-corrected chi connectivity index (χ0v) is 20.0. The molecule has 1 heterocycles. The van der Waals surface area contributed by atoms with Crippen molar-refractivity contribution in [3.8, 4) is 0 Å². The van der Waals surface area contributed by atoms with Gasteiger partial charge in [0.15, 0.2) is 0 Å². The molecule has 32 heavy (non-hydrogen) atoms. The number of anilines is 1. The fraction of sp³-hybridized carbons (Fsp3) is 0.630. The Morgan fingerprint density at radius 3 is 2.56 bits per heavy atom. The highest BCUT2D eigenvalue weighted by atomic mass is 16.5. The third-order valence-electron chi connectivity index (χ3n) is 7.93. The van der Waals surface area contributed by atoms with E-state index in [4.69, 9.17) is 4.74 Å². The van der Waals surface area contributed by atoms with Gasteiger partial charge in [-0.05, 0) is 55.2 Å². The molecule has 1 saturated heterocycles. The number of carbonyl (C=O) groups is 1. The van der Waals surface area contributed by atoms with E-state index in [9.17, 15) is 9.90 Å². The summed E-state index contributed by atoms with van der Waals surface area (Å²) >= 11 is 0. The van der Waals surface area contributed by atoms with Gasteiger partial charge in [0.25, 0.3) is 0 Å². The quantitative estimate of drug-likeness (QED) is 0.560. The molecule has 1 saturated carbocycles.